The van der Waals surface area contributed by atoms with Gasteiger partial charge in [0.15, 0.2) is 0 Å². The Bertz CT molecular complexity index is 1150. The zero-order valence-corrected chi connectivity index (χ0v) is 14.9. The van der Waals surface area contributed by atoms with E-state index in [4.69, 9.17) is 0 Å². The standard InChI is InChI=1S/C25H21N/c1-26(18-9-3-2-4-10-18)19-15-16-24-22-13-6-5-11-20(22)21-12-7-8-14-23(21)25(24)17-19/h2-9,11-18H,10H2,1H3. The monoisotopic (exact) mass is 335 g/mol. The molecule has 1 heteroatoms. The molecule has 0 fully saturated rings. The number of hydrogen-bond donors (Lipinski definition) is 0. The second kappa shape index (κ2) is 6.03. The van der Waals surface area contributed by atoms with Crippen molar-refractivity contribution >= 4 is 38.0 Å². The van der Waals surface area contributed by atoms with E-state index in [2.05, 4.69) is 103 Å². The van der Waals surface area contributed by atoms with Crippen molar-refractivity contribution in [3.8, 4) is 0 Å². The number of nitrogens with zero attached hydrogens (tertiary/aromatic N) is 1. The molecule has 1 nitrogen and oxygen atoms in total. The first-order valence-electron chi connectivity index (χ1n) is 9.22. The molecule has 0 spiro atoms. The number of benzene rings is 4. The van der Waals surface area contributed by atoms with E-state index in [1.165, 1.54) is 38.0 Å². The van der Waals surface area contributed by atoms with Crippen molar-refractivity contribution in [3.05, 3.63) is 91.0 Å². The van der Waals surface area contributed by atoms with Crippen molar-refractivity contribution in [1.82, 2.24) is 0 Å². The Morgan fingerprint density at radius 3 is 1.85 bits per heavy atom. The highest BCUT2D eigenvalue weighted by atomic mass is 15.1. The summed E-state index contributed by atoms with van der Waals surface area (Å²) in [7, 11) is 2.19. The molecule has 0 N–H and O–H groups in total. The maximum absolute atomic E-state index is 2.38. The third-order valence-corrected chi connectivity index (χ3v) is 5.59. The molecule has 0 aromatic heterocycles. The molecule has 0 saturated heterocycles. The molecule has 0 radical (unpaired) electrons. The summed E-state index contributed by atoms with van der Waals surface area (Å²) >= 11 is 0. The van der Waals surface area contributed by atoms with Crippen molar-refractivity contribution in [3.63, 3.8) is 0 Å². The van der Waals surface area contributed by atoms with Gasteiger partial charge >= 0.3 is 0 Å². The van der Waals surface area contributed by atoms with Gasteiger partial charge in [-0.2, -0.15) is 0 Å². The highest BCUT2D eigenvalue weighted by Crippen LogP contribution is 2.37. The van der Waals surface area contributed by atoms with Gasteiger partial charge in [0, 0.05) is 12.7 Å². The van der Waals surface area contributed by atoms with E-state index in [9.17, 15) is 0 Å². The first kappa shape index (κ1) is 15.2. The van der Waals surface area contributed by atoms with Crippen LogP contribution in [-0.4, -0.2) is 13.1 Å². The molecule has 0 heterocycles. The number of hydrogen-bond acceptors (Lipinski definition) is 1. The van der Waals surface area contributed by atoms with Gasteiger partial charge in [-0.3, -0.25) is 0 Å². The first-order chi connectivity index (χ1) is 12.8. The fourth-order valence-electron chi connectivity index (χ4n) is 4.16. The van der Waals surface area contributed by atoms with Crippen LogP contribution in [0.1, 0.15) is 6.42 Å². The van der Waals surface area contributed by atoms with Crippen LogP contribution in [0.5, 0.6) is 0 Å². The normalized spacial score (nSPS) is 16.6. The van der Waals surface area contributed by atoms with E-state index < -0.39 is 0 Å². The van der Waals surface area contributed by atoms with Crippen LogP contribution in [0.15, 0.2) is 91.0 Å². The minimum atomic E-state index is 0.421. The van der Waals surface area contributed by atoms with E-state index in [1.54, 1.807) is 0 Å². The summed E-state index contributed by atoms with van der Waals surface area (Å²) in [5, 5.41) is 7.98. The van der Waals surface area contributed by atoms with Crippen LogP contribution in [-0.2, 0) is 0 Å². The van der Waals surface area contributed by atoms with Gasteiger partial charge in [0.2, 0.25) is 0 Å². The van der Waals surface area contributed by atoms with Gasteiger partial charge < -0.3 is 4.90 Å². The summed E-state index contributed by atoms with van der Waals surface area (Å²) in [6.07, 6.45) is 9.86. The molecule has 1 unspecified atom stereocenters. The maximum Gasteiger partial charge on any atom is 0.0507 e. The largest absolute Gasteiger partial charge is 0.368 e. The van der Waals surface area contributed by atoms with Crippen LogP contribution in [0.25, 0.3) is 32.3 Å². The molecule has 0 aliphatic heterocycles. The Kier molecular flexibility index (Phi) is 3.53. The lowest BCUT2D eigenvalue weighted by Crippen LogP contribution is -2.29. The lowest BCUT2D eigenvalue weighted by Gasteiger charge is -2.28. The number of anilines is 1. The molecular weight excluding hydrogens is 314 g/mol. The van der Waals surface area contributed by atoms with Crippen molar-refractivity contribution in [1.29, 1.82) is 0 Å². The van der Waals surface area contributed by atoms with Crippen molar-refractivity contribution in [2.24, 2.45) is 0 Å². The molecule has 0 saturated carbocycles. The Morgan fingerprint density at radius 1 is 0.692 bits per heavy atom. The predicted octanol–water partition coefficient (Wildman–Crippen LogP) is 6.47. The minimum Gasteiger partial charge on any atom is -0.368 e. The van der Waals surface area contributed by atoms with Gasteiger partial charge in [0.05, 0.1) is 6.04 Å². The minimum absolute atomic E-state index is 0.421. The number of fused-ring (bicyclic) bond motifs is 6. The molecule has 1 aliphatic carbocycles. The summed E-state index contributed by atoms with van der Waals surface area (Å²) in [6.45, 7) is 0. The molecule has 1 aliphatic rings. The van der Waals surface area contributed by atoms with Crippen LogP contribution in [0.4, 0.5) is 5.69 Å². The number of likely N-dealkylation sites (N-methyl/N-ethyl adjacent to an activating group) is 1. The van der Waals surface area contributed by atoms with Gasteiger partial charge in [-0.15, -0.1) is 0 Å². The van der Waals surface area contributed by atoms with Crippen LogP contribution < -0.4 is 4.90 Å². The quantitative estimate of drug-likeness (QED) is 0.380. The Hall–Kier alpha value is -3.06. The smallest absolute Gasteiger partial charge is 0.0507 e. The summed E-state index contributed by atoms with van der Waals surface area (Å²) in [5.74, 6) is 0. The van der Waals surface area contributed by atoms with Crippen molar-refractivity contribution < 1.29 is 0 Å². The summed E-state index contributed by atoms with van der Waals surface area (Å²) in [4.78, 5) is 2.38. The molecule has 4 aromatic rings. The molecule has 1 atom stereocenters. The third-order valence-electron chi connectivity index (χ3n) is 5.59. The lowest BCUT2D eigenvalue weighted by molar-refractivity contribution is 0.754. The topological polar surface area (TPSA) is 3.24 Å². The summed E-state index contributed by atoms with van der Waals surface area (Å²) in [6, 6.07) is 24.8. The number of rotatable bonds is 2. The maximum atomic E-state index is 2.38. The summed E-state index contributed by atoms with van der Waals surface area (Å²) in [5.41, 5.74) is 1.27. The van der Waals surface area contributed by atoms with E-state index in [0.717, 1.165) is 6.42 Å². The third kappa shape index (κ3) is 2.32. The van der Waals surface area contributed by atoms with Crippen LogP contribution in [0.3, 0.4) is 0 Å². The van der Waals surface area contributed by atoms with E-state index in [1.807, 2.05) is 0 Å². The second-order valence-electron chi connectivity index (χ2n) is 7.05. The molecule has 5 rings (SSSR count). The van der Waals surface area contributed by atoms with Gasteiger partial charge in [0.25, 0.3) is 0 Å². The van der Waals surface area contributed by atoms with Crippen LogP contribution in [0, 0.1) is 0 Å². The molecule has 0 amide bonds. The number of allylic oxidation sites excluding steroid dienone is 2. The average Bonchev–Trinajstić information content (AvgIpc) is 2.74. The van der Waals surface area contributed by atoms with Crippen LogP contribution in [0.2, 0.25) is 0 Å². The van der Waals surface area contributed by atoms with Gasteiger partial charge in [-0.25, -0.2) is 0 Å². The lowest BCUT2D eigenvalue weighted by atomic mass is 9.94. The predicted molar refractivity (Wildman–Crippen MR) is 114 cm³/mol. The molecule has 4 aromatic carbocycles. The Morgan fingerprint density at radius 2 is 1.27 bits per heavy atom. The highest BCUT2D eigenvalue weighted by molar-refractivity contribution is 6.25. The molecule has 26 heavy (non-hydrogen) atoms. The Balaban J connectivity index is 1.78. The fourth-order valence-corrected chi connectivity index (χ4v) is 4.16. The van der Waals surface area contributed by atoms with Crippen LogP contribution >= 0.6 is 0 Å². The average molecular weight is 335 g/mol. The molecular formula is C25H21N. The van der Waals surface area contributed by atoms with E-state index in [-0.39, 0.29) is 0 Å². The van der Waals surface area contributed by atoms with Crippen molar-refractivity contribution in [2.75, 3.05) is 11.9 Å². The first-order valence-corrected chi connectivity index (χ1v) is 9.22. The van der Waals surface area contributed by atoms with Gasteiger partial charge in [-0.05, 0) is 50.9 Å². The van der Waals surface area contributed by atoms with E-state index >= 15 is 0 Å². The zero-order valence-electron chi connectivity index (χ0n) is 14.9. The zero-order chi connectivity index (χ0) is 17.5. The molecule has 0 bridgehead atoms. The summed E-state index contributed by atoms with van der Waals surface area (Å²) < 4.78 is 0. The second-order valence-corrected chi connectivity index (χ2v) is 7.05. The Labute approximate surface area is 153 Å². The highest BCUT2D eigenvalue weighted by Gasteiger charge is 2.14. The molecule has 126 valence electrons. The van der Waals surface area contributed by atoms with Gasteiger partial charge in [-0.1, -0.05) is 78.9 Å². The van der Waals surface area contributed by atoms with Gasteiger partial charge in [0.1, 0.15) is 0 Å². The van der Waals surface area contributed by atoms with Crippen molar-refractivity contribution in [2.45, 2.75) is 12.5 Å². The fraction of sp³-hybridized carbons (Fsp3) is 0.120. The SMILES string of the molecule is CN(c1ccc2c3ccccc3c3ccccc3c2c1)C1C=CC=CC1. The van der Waals surface area contributed by atoms with E-state index in [0.29, 0.717) is 6.04 Å².